The summed E-state index contributed by atoms with van der Waals surface area (Å²) in [6.07, 6.45) is 4.26. The molecule has 0 saturated carbocycles. The highest BCUT2D eigenvalue weighted by molar-refractivity contribution is 5.23. The smallest absolute Gasteiger partial charge is 0.0541 e. The van der Waals surface area contributed by atoms with Gasteiger partial charge in [0.05, 0.1) is 12.2 Å². The summed E-state index contributed by atoms with van der Waals surface area (Å²) >= 11 is 0. The molecule has 2 heterocycles. The van der Waals surface area contributed by atoms with Gasteiger partial charge in [-0.05, 0) is 26.3 Å². The minimum absolute atomic E-state index is 0.259. The lowest BCUT2D eigenvalue weighted by Crippen LogP contribution is -2.32. The van der Waals surface area contributed by atoms with Crippen LogP contribution in [0, 0.1) is 6.92 Å². The molecule has 1 aromatic rings. The van der Waals surface area contributed by atoms with E-state index < -0.39 is 0 Å². The summed E-state index contributed by atoms with van der Waals surface area (Å²) in [5.41, 5.74) is 8.78. The van der Waals surface area contributed by atoms with Crippen LogP contribution >= 0.6 is 0 Å². The maximum atomic E-state index is 6.23. The Balaban J connectivity index is 2.26. The summed E-state index contributed by atoms with van der Waals surface area (Å²) in [4.78, 5) is 2.49. The molecular weight excluding hydrogens is 200 g/mol. The Hall–Kier alpha value is -0.870. The van der Waals surface area contributed by atoms with Gasteiger partial charge in [-0.25, -0.2) is 0 Å². The Labute approximate surface area is 97.4 Å². The summed E-state index contributed by atoms with van der Waals surface area (Å²) in [7, 11) is 1.99. The lowest BCUT2D eigenvalue weighted by atomic mass is 10.0. The molecule has 4 heteroatoms. The summed E-state index contributed by atoms with van der Waals surface area (Å²) in [6.45, 7) is 6.59. The summed E-state index contributed by atoms with van der Waals surface area (Å²) in [5.74, 6) is 0. The number of hydrogen-bond donors (Lipinski definition) is 1. The molecule has 0 aromatic carbocycles. The van der Waals surface area contributed by atoms with Crippen LogP contribution in [-0.4, -0.2) is 33.8 Å². The molecule has 0 aliphatic carbocycles. The second-order valence-electron chi connectivity index (χ2n) is 4.74. The van der Waals surface area contributed by atoms with E-state index in [1.165, 1.54) is 17.7 Å². The molecule has 0 unspecified atom stereocenters. The Morgan fingerprint density at radius 3 is 2.88 bits per heavy atom. The fraction of sp³-hybridized carbons (Fsp3) is 0.750. The van der Waals surface area contributed by atoms with Crippen molar-refractivity contribution in [1.29, 1.82) is 0 Å². The van der Waals surface area contributed by atoms with Crippen LogP contribution in [0.15, 0.2) is 6.20 Å². The molecule has 16 heavy (non-hydrogen) atoms. The van der Waals surface area contributed by atoms with E-state index in [2.05, 4.69) is 23.8 Å². The van der Waals surface area contributed by atoms with Crippen LogP contribution < -0.4 is 5.73 Å². The van der Waals surface area contributed by atoms with Crippen molar-refractivity contribution in [3.63, 3.8) is 0 Å². The Bertz CT molecular complexity index is 356. The molecule has 0 amide bonds. The van der Waals surface area contributed by atoms with E-state index in [0.29, 0.717) is 6.04 Å². The average molecular weight is 222 g/mol. The second-order valence-corrected chi connectivity index (χ2v) is 4.74. The quantitative estimate of drug-likeness (QED) is 0.836. The van der Waals surface area contributed by atoms with Crippen LogP contribution in [-0.2, 0) is 7.05 Å². The number of hydrogen-bond acceptors (Lipinski definition) is 3. The summed E-state index contributed by atoms with van der Waals surface area (Å²) in [6, 6.07) is 0.628. The van der Waals surface area contributed by atoms with Gasteiger partial charge in [0.15, 0.2) is 0 Å². The largest absolute Gasteiger partial charge is 0.326 e. The first kappa shape index (κ1) is 11.6. The molecule has 1 aliphatic rings. The maximum Gasteiger partial charge on any atom is 0.0541 e. The minimum atomic E-state index is 0.259. The van der Waals surface area contributed by atoms with Crippen LogP contribution in [0.3, 0.4) is 0 Å². The Morgan fingerprint density at radius 2 is 2.31 bits per heavy atom. The monoisotopic (exact) mass is 222 g/mol. The normalized spacial score (nSPS) is 26.5. The Kier molecular flexibility index (Phi) is 3.30. The van der Waals surface area contributed by atoms with Crippen LogP contribution in [0.25, 0.3) is 0 Å². The maximum absolute atomic E-state index is 6.23. The molecule has 0 spiro atoms. The van der Waals surface area contributed by atoms with Crippen molar-refractivity contribution >= 4 is 0 Å². The zero-order valence-electron chi connectivity index (χ0n) is 10.5. The van der Waals surface area contributed by atoms with Crippen LogP contribution in [0.2, 0.25) is 0 Å². The lowest BCUT2D eigenvalue weighted by molar-refractivity contribution is 0.247. The first-order valence-corrected chi connectivity index (χ1v) is 6.13. The standard InChI is InChI=1S/C12H22N4/c1-4-6-16-7-5-11(13)12(16)10-8-14-15(3)9(10)2/h8,11-12H,4-7,13H2,1-3H3/t11-,12+/m1/s1. The van der Waals surface area contributed by atoms with E-state index in [1.807, 2.05) is 17.9 Å². The van der Waals surface area contributed by atoms with Crippen molar-refractivity contribution in [2.45, 2.75) is 38.8 Å². The second kappa shape index (κ2) is 4.55. The molecule has 90 valence electrons. The first-order chi connectivity index (χ1) is 7.65. The van der Waals surface area contributed by atoms with E-state index >= 15 is 0 Å². The molecule has 0 radical (unpaired) electrons. The third-order valence-electron chi connectivity index (χ3n) is 3.65. The van der Waals surface area contributed by atoms with Crippen molar-refractivity contribution in [3.05, 3.63) is 17.5 Å². The molecule has 0 bridgehead atoms. The number of aromatic nitrogens is 2. The van der Waals surface area contributed by atoms with Crippen molar-refractivity contribution in [3.8, 4) is 0 Å². The molecule has 1 saturated heterocycles. The third kappa shape index (κ3) is 1.87. The van der Waals surface area contributed by atoms with Crippen LogP contribution in [0.1, 0.15) is 37.1 Å². The number of rotatable bonds is 3. The van der Waals surface area contributed by atoms with Gasteiger partial charge in [0, 0.05) is 30.9 Å². The van der Waals surface area contributed by atoms with Crippen LogP contribution in [0.5, 0.6) is 0 Å². The van der Waals surface area contributed by atoms with E-state index in [9.17, 15) is 0 Å². The molecule has 4 nitrogen and oxygen atoms in total. The van der Waals surface area contributed by atoms with Crippen molar-refractivity contribution in [2.75, 3.05) is 13.1 Å². The summed E-state index contributed by atoms with van der Waals surface area (Å²) in [5, 5.41) is 4.32. The highest BCUT2D eigenvalue weighted by Gasteiger charge is 2.34. The topological polar surface area (TPSA) is 47.1 Å². The predicted molar refractivity (Wildman–Crippen MR) is 65.1 cm³/mol. The lowest BCUT2D eigenvalue weighted by Gasteiger charge is -2.26. The van der Waals surface area contributed by atoms with Crippen LogP contribution in [0.4, 0.5) is 0 Å². The molecule has 2 rings (SSSR count). The highest BCUT2D eigenvalue weighted by atomic mass is 15.3. The third-order valence-corrected chi connectivity index (χ3v) is 3.65. The molecule has 1 fully saturated rings. The van der Waals surface area contributed by atoms with Gasteiger partial charge in [-0.2, -0.15) is 5.10 Å². The van der Waals surface area contributed by atoms with Crippen molar-refractivity contribution in [1.82, 2.24) is 14.7 Å². The SMILES string of the molecule is CCCN1CC[C@@H](N)[C@@H]1c1cnn(C)c1C. The fourth-order valence-electron chi connectivity index (χ4n) is 2.65. The number of nitrogens with two attached hydrogens (primary N) is 1. The highest BCUT2D eigenvalue weighted by Crippen LogP contribution is 2.32. The number of aryl methyl sites for hydroxylation is 1. The summed E-state index contributed by atoms with van der Waals surface area (Å²) < 4.78 is 1.94. The van der Waals surface area contributed by atoms with Crippen molar-refractivity contribution in [2.24, 2.45) is 12.8 Å². The van der Waals surface area contributed by atoms with E-state index in [1.54, 1.807) is 0 Å². The van der Waals surface area contributed by atoms with Gasteiger partial charge in [0.2, 0.25) is 0 Å². The van der Waals surface area contributed by atoms with E-state index in [0.717, 1.165) is 19.5 Å². The molecule has 2 N–H and O–H groups in total. The van der Waals surface area contributed by atoms with Gasteiger partial charge in [0.1, 0.15) is 0 Å². The molecule has 1 aliphatic heterocycles. The van der Waals surface area contributed by atoms with Gasteiger partial charge in [0.25, 0.3) is 0 Å². The Morgan fingerprint density at radius 1 is 1.56 bits per heavy atom. The molecular formula is C12H22N4. The van der Waals surface area contributed by atoms with E-state index in [4.69, 9.17) is 5.73 Å². The average Bonchev–Trinajstić information content (AvgIpc) is 2.75. The van der Waals surface area contributed by atoms with Gasteiger partial charge < -0.3 is 5.73 Å². The molecule has 1 aromatic heterocycles. The predicted octanol–water partition coefficient (Wildman–Crippen LogP) is 1.21. The van der Waals surface area contributed by atoms with Crippen molar-refractivity contribution < 1.29 is 0 Å². The van der Waals surface area contributed by atoms with Gasteiger partial charge >= 0.3 is 0 Å². The minimum Gasteiger partial charge on any atom is -0.326 e. The zero-order valence-corrected chi connectivity index (χ0v) is 10.5. The fourth-order valence-corrected chi connectivity index (χ4v) is 2.65. The molecule has 2 atom stereocenters. The van der Waals surface area contributed by atoms with Gasteiger partial charge in [-0.3, -0.25) is 9.58 Å². The van der Waals surface area contributed by atoms with Gasteiger partial charge in [-0.15, -0.1) is 0 Å². The van der Waals surface area contributed by atoms with E-state index in [-0.39, 0.29) is 6.04 Å². The zero-order chi connectivity index (χ0) is 11.7. The first-order valence-electron chi connectivity index (χ1n) is 6.13. The number of nitrogens with zero attached hydrogens (tertiary/aromatic N) is 3. The number of likely N-dealkylation sites (tertiary alicyclic amines) is 1. The van der Waals surface area contributed by atoms with Gasteiger partial charge in [-0.1, -0.05) is 6.92 Å².